The summed E-state index contributed by atoms with van der Waals surface area (Å²) in [7, 11) is 0. The van der Waals surface area contributed by atoms with Crippen LogP contribution in [0.5, 0.6) is 0 Å². The number of aromatic amines is 1. The van der Waals surface area contributed by atoms with E-state index in [4.69, 9.17) is 0 Å². The Morgan fingerprint density at radius 1 is 1.24 bits per heavy atom. The molecule has 0 atom stereocenters. The van der Waals surface area contributed by atoms with Crippen LogP contribution in [0.3, 0.4) is 0 Å². The number of alkyl halides is 3. The molecule has 25 heavy (non-hydrogen) atoms. The number of halogens is 3. The van der Waals surface area contributed by atoms with Crippen molar-refractivity contribution in [1.82, 2.24) is 20.0 Å². The summed E-state index contributed by atoms with van der Waals surface area (Å²) in [5, 5.41) is 13.2. The number of aryl methyl sites for hydroxylation is 1. The highest BCUT2D eigenvalue weighted by Crippen LogP contribution is 2.30. The van der Waals surface area contributed by atoms with E-state index in [1.54, 1.807) is 19.9 Å². The molecule has 130 valence electrons. The topological polar surface area (TPSA) is 75.6 Å². The number of rotatable bonds is 3. The fourth-order valence-corrected chi connectivity index (χ4v) is 2.37. The lowest BCUT2D eigenvalue weighted by atomic mass is 10.2. The summed E-state index contributed by atoms with van der Waals surface area (Å²) in [5.41, 5.74) is 0.897. The van der Waals surface area contributed by atoms with E-state index < -0.39 is 17.6 Å². The predicted octanol–water partition coefficient (Wildman–Crippen LogP) is 3.48. The molecular formula is C16H14F3N5O. The molecule has 2 aromatic heterocycles. The number of hydrogen-bond donors (Lipinski definition) is 2. The van der Waals surface area contributed by atoms with Crippen molar-refractivity contribution in [3.05, 3.63) is 59.0 Å². The van der Waals surface area contributed by atoms with Gasteiger partial charge in [-0.1, -0.05) is 6.07 Å². The highest BCUT2D eigenvalue weighted by molar-refractivity contribution is 6.04. The van der Waals surface area contributed by atoms with Gasteiger partial charge in [-0.05, 0) is 32.0 Å². The maximum Gasteiger partial charge on any atom is 0.416 e. The molecular weight excluding hydrogens is 335 g/mol. The van der Waals surface area contributed by atoms with Crippen molar-refractivity contribution in [1.29, 1.82) is 0 Å². The first kappa shape index (κ1) is 16.7. The van der Waals surface area contributed by atoms with Gasteiger partial charge in [0.05, 0.1) is 28.7 Å². The Labute approximate surface area is 140 Å². The first-order valence-electron chi connectivity index (χ1n) is 7.31. The summed E-state index contributed by atoms with van der Waals surface area (Å²) in [4.78, 5) is 12.3. The van der Waals surface area contributed by atoms with E-state index >= 15 is 0 Å². The van der Waals surface area contributed by atoms with Crippen LogP contribution in [0.15, 0.2) is 36.5 Å². The maximum absolute atomic E-state index is 12.9. The molecule has 0 bridgehead atoms. The normalized spacial score (nSPS) is 11.6. The molecule has 0 fully saturated rings. The summed E-state index contributed by atoms with van der Waals surface area (Å²) in [6, 6.07) is 6.42. The second-order valence-corrected chi connectivity index (χ2v) is 5.49. The van der Waals surface area contributed by atoms with Crippen LogP contribution in [0.1, 0.15) is 27.3 Å². The Morgan fingerprint density at radius 3 is 2.64 bits per heavy atom. The van der Waals surface area contributed by atoms with E-state index in [-0.39, 0.29) is 11.3 Å². The molecule has 1 amide bonds. The highest BCUT2D eigenvalue weighted by atomic mass is 19.4. The molecule has 0 unspecified atom stereocenters. The number of nitrogens with zero attached hydrogens (tertiary/aromatic N) is 3. The smallest absolute Gasteiger partial charge is 0.305 e. The van der Waals surface area contributed by atoms with Crippen LogP contribution in [0.4, 0.5) is 19.0 Å². The number of anilines is 1. The van der Waals surface area contributed by atoms with Crippen LogP contribution in [-0.2, 0) is 6.18 Å². The highest BCUT2D eigenvalue weighted by Gasteiger charge is 2.30. The van der Waals surface area contributed by atoms with Crippen molar-refractivity contribution in [2.24, 2.45) is 0 Å². The summed E-state index contributed by atoms with van der Waals surface area (Å²) < 4.78 is 39.9. The van der Waals surface area contributed by atoms with E-state index in [1.807, 2.05) is 0 Å². The zero-order valence-corrected chi connectivity index (χ0v) is 13.3. The number of nitrogens with one attached hydrogen (secondary N) is 2. The van der Waals surface area contributed by atoms with Crippen molar-refractivity contribution in [3.8, 4) is 5.69 Å². The lowest BCUT2D eigenvalue weighted by Crippen LogP contribution is -2.13. The van der Waals surface area contributed by atoms with E-state index in [9.17, 15) is 18.0 Å². The van der Waals surface area contributed by atoms with Crippen LogP contribution >= 0.6 is 0 Å². The SMILES string of the molecule is Cc1cc(NC(=O)c2cnn(-c3cccc(C(F)(F)F)c3)c2C)n[nH]1. The Bertz CT molecular complexity index is 926. The Kier molecular flexibility index (Phi) is 4.07. The zero-order chi connectivity index (χ0) is 18.2. The molecule has 0 aliphatic rings. The molecule has 0 aliphatic heterocycles. The zero-order valence-electron chi connectivity index (χ0n) is 13.3. The van der Waals surface area contributed by atoms with Gasteiger partial charge in [0.25, 0.3) is 5.91 Å². The average Bonchev–Trinajstić information content (AvgIpc) is 3.12. The van der Waals surface area contributed by atoms with Crippen LogP contribution in [-0.4, -0.2) is 25.9 Å². The molecule has 3 rings (SSSR count). The Morgan fingerprint density at radius 2 is 2.00 bits per heavy atom. The Hall–Kier alpha value is -3.10. The van der Waals surface area contributed by atoms with E-state index in [0.29, 0.717) is 11.5 Å². The fourth-order valence-electron chi connectivity index (χ4n) is 2.37. The number of aromatic nitrogens is 4. The third-order valence-electron chi connectivity index (χ3n) is 3.62. The molecule has 9 heteroatoms. The monoisotopic (exact) mass is 349 g/mol. The minimum Gasteiger partial charge on any atom is -0.305 e. The maximum atomic E-state index is 12.9. The minimum atomic E-state index is -4.45. The summed E-state index contributed by atoms with van der Waals surface area (Å²) >= 11 is 0. The number of carbonyl (C=O) groups excluding carboxylic acids is 1. The van der Waals surface area contributed by atoms with Crippen molar-refractivity contribution < 1.29 is 18.0 Å². The minimum absolute atomic E-state index is 0.224. The van der Waals surface area contributed by atoms with Crippen molar-refractivity contribution >= 4 is 11.7 Å². The Balaban J connectivity index is 1.90. The van der Waals surface area contributed by atoms with Crippen molar-refractivity contribution in [3.63, 3.8) is 0 Å². The number of hydrogen-bond acceptors (Lipinski definition) is 3. The van der Waals surface area contributed by atoms with Gasteiger partial charge < -0.3 is 5.32 Å². The quantitative estimate of drug-likeness (QED) is 0.760. The second kappa shape index (κ2) is 6.08. The van der Waals surface area contributed by atoms with Crippen LogP contribution < -0.4 is 5.32 Å². The van der Waals surface area contributed by atoms with E-state index in [0.717, 1.165) is 17.8 Å². The average molecular weight is 349 g/mol. The second-order valence-electron chi connectivity index (χ2n) is 5.49. The molecule has 0 aliphatic carbocycles. The van der Waals surface area contributed by atoms with Crippen LogP contribution in [0, 0.1) is 13.8 Å². The van der Waals surface area contributed by atoms with Gasteiger partial charge in [0.15, 0.2) is 5.82 Å². The van der Waals surface area contributed by atoms with Gasteiger partial charge >= 0.3 is 6.18 Å². The van der Waals surface area contributed by atoms with E-state index in [1.165, 1.54) is 23.0 Å². The van der Waals surface area contributed by atoms with Gasteiger partial charge in [-0.3, -0.25) is 9.89 Å². The lowest BCUT2D eigenvalue weighted by Gasteiger charge is -2.10. The number of amides is 1. The lowest BCUT2D eigenvalue weighted by molar-refractivity contribution is -0.137. The molecule has 2 N–H and O–H groups in total. The molecule has 1 aromatic carbocycles. The van der Waals surface area contributed by atoms with Gasteiger partial charge in [0.1, 0.15) is 0 Å². The first-order valence-corrected chi connectivity index (χ1v) is 7.31. The van der Waals surface area contributed by atoms with E-state index in [2.05, 4.69) is 20.6 Å². The van der Waals surface area contributed by atoms with Crippen molar-refractivity contribution in [2.45, 2.75) is 20.0 Å². The number of benzene rings is 1. The standard InChI is InChI=1S/C16H14F3N5O/c1-9-6-14(23-22-9)21-15(25)13-8-20-24(10(13)2)12-5-3-4-11(7-12)16(17,18)19/h3-8H,1-2H3,(H2,21,22,23,25). The first-order chi connectivity index (χ1) is 11.8. The van der Waals surface area contributed by atoms with Crippen LogP contribution in [0.25, 0.3) is 5.69 Å². The molecule has 0 saturated heterocycles. The number of H-pyrrole nitrogens is 1. The summed E-state index contributed by atoms with van der Waals surface area (Å²) in [5.74, 6) is -0.0871. The number of carbonyl (C=O) groups is 1. The van der Waals surface area contributed by atoms with Gasteiger partial charge in [-0.25, -0.2) is 4.68 Å². The molecule has 0 radical (unpaired) electrons. The van der Waals surface area contributed by atoms with Crippen LogP contribution in [0.2, 0.25) is 0 Å². The summed E-state index contributed by atoms with van der Waals surface area (Å²) in [6.45, 7) is 3.40. The predicted molar refractivity (Wildman–Crippen MR) is 84.6 cm³/mol. The molecule has 6 nitrogen and oxygen atoms in total. The van der Waals surface area contributed by atoms with Gasteiger partial charge in [-0.2, -0.15) is 23.4 Å². The van der Waals surface area contributed by atoms with Gasteiger partial charge in [0, 0.05) is 11.8 Å². The third-order valence-corrected chi connectivity index (χ3v) is 3.62. The van der Waals surface area contributed by atoms with Gasteiger partial charge in [0.2, 0.25) is 0 Å². The fraction of sp³-hybridized carbons (Fsp3) is 0.188. The van der Waals surface area contributed by atoms with Gasteiger partial charge in [-0.15, -0.1) is 0 Å². The third kappa shape index (κ3) is 3.39. The molecule has 0 spiro atoms. The molecule has 2 heterocycles. The molecule has 3 aromatic rings. The summed E-state index contributed by atoms with van der Waals surface area (Å²) in [6.07, 6.45) is -3.14. The largest absolute Gasteiger partial charge is 0.416 e. The molecule has 0 saturated carbocycles. The van der Waals surface area contributed by atoms with Crippen molar-refractivity contribution in [2.75, 3.05) is 5.32 Å².